The van der Waals surface area contributed by atoms with E-state index in [1.807, 2.05) is 6.92 Å². The Kier molecular flexibility index (Phi) is 5.59. The molecule has 1 aliphatic rings. The van der Waals surface area contributed by atoms with Crippen LogP contribution >= 0.6 is 0 Å². The average molecular weight is 255 g/mol. The highest BCUT2D eigenvalue weighted by atomic mass is 16.2. The lowest BCUT2D eigenvalue weighted by Crippen LogP contribution is -2.48. The van der Waals surface area contributed by atoms with Gasteiger partial charge in [0.2, 0.25) is 11.8 Å². The van der Waals surface area contributed by atoms with Crippen molar-refractivity contribution in [2.24, 2.45) is 17.6 Å². The van der Waals surface area contributed by atoms with Crippen LogP contribution < -0.4 is 16.4 Å². The van der Waals surface area contributed by atoms with Crippen molar-refractivity contribution in [3.63, 3.8) is 0 Å². The van der Waals surface area contributed by atoms with Crippen molar-refractivity contribution in [3.8, 4) is 0 Å². The van der Waals surface area contributed by atoms with Gasteiger partial charge in [0.05, 0.1) is 0 Å². The lowest BCUT2D eigenvalue weighted by molar-refractivity contribution is -0.131. The van der Waals surface area contributed by atoms with Gasteiger partial charge in [-0.3, -0.25) is 9.59 Å². The second-order valence-corrected chi connectivity index (χ2v) is 5.28. The van der Waals surface area contributed by atoms with Crippen molar-refractivity contribution < 1.29 is 9.59 Å². The fraction of sp³-hybridized carbons (Fsp3) is 0.846. The molecule has 0 aromatic heterocycles. The van der Waals surface area contributed by atoms with Crippen LogP contribution in [0.2, 0.25) is 0 Å². The Morgan fingerprint density at radius 3 is 2.61 bits per heavy atom. The minimum absolute atomic E-state index is 0.00308. The Hall–Kier alpha value is -1.10. The largest absolute Gasteiger partial charge is 0.355 e. The zero-order valence-corrected chi connectivity index (χ0v) is 11.5. The molecule has 0 aliphatic heterocycles. The number of rotatable bonds is 4. The summed E-state index contributed by atoms with van der Waals surface area (Å²) in [5.41, 5.74) is 5.93. The molecule has 0 bridgehead atoms. The molecule has 18 heavy (non-hydrogen) atoms. The quantitative estimate of drug-likeness (QED) is 0.679. The standard InChI is InChI=1S/C13H25N3O2/c1-4-15-12(17)9(3)16-13(18)10-5-6-11(14)8(2)7-10/h8-11H,4-7,14H2,1-3H3,(H,15,17)(H,16,18). The minimum atomic E-state index is -0.469. The van der Waals surface area contributed by atoms with E-state index in [-0.39, 0.29) is 23.8 Å². The second-order valence-electron chi connectivity index (χ2n) is 5.28. The Labute approximate surface area is 109 Å². The molecule has 0 spiro atoms. The molecule has 4 atom stereocenters. The molecular formula is C13H25N3O2. The molecule has 0 aromatic carbocycles. The molecule has 0 heterocycles. The van der Waals surface area contributed by atoms with Gasteiger partial charge in [0, 0.05) is 18.5 Å². The molecule has 4 N–H and O–H groups in total. The van der Waals surface area contributed by atoms with Gasteiger partial charge in [-0.1, -0.05) is 6.92 Å². The molecule has 5 heteroatoms. The number of carbonyl (C=O) groups is 2. The SMILES string of the molecule is CCNC(=O)C(C)NC(=O)C1CCC(N)C(C)C1. The maximum absolute atomic E-state index is 12.0. The molecule has 104 valence electrons. The lowest BCUT2D eigenvalue weighted by atomic mass is 9.79. The third-order valence-corrected chi connectivity index (χ3v) is 3.71. The lowest BCUT2D eigenvalue weighted by Gasteiger charge is -2.31. The Morgan fingerprint density at radius 1 is 1.39 bits per heavy atom. The number of hydrogen-bond acceptors (Lipinski definition) is 3. The van der Waals surface area contributed by atoms with E-state index < -0.39 is 6.04 Å². The van der Waals surface area contributed by atoms with Gasteiger partial charge in [-0.2, -0.15) is 0 Å². The van der Waals surface area contributed by atoms with Crippen LogP contribution in [0.3, 0.4) is 0 Å². The highest BCUT2D eigenvalue weighted by Gasteiger charge is 2.30. The van der Waals surface area contributed by atoms with E-state index in [0.717, 1.165) is 19.3 Å². The van der Waals surface area contributed by atoms with E-state index in [1.54, 1.807) is 6.92 Å². The number of amides is 2. The van der Waals surface area contributed by atoms with E-state index in [1.165, 1.54) is 0 Å². The summed E-state index contributed by atoms with van der Waals surface area (Å²) in [6.07, 6.45) is 2.52. The summed E-state index contributed by atoms with van der Waals surface area (Å²) in [7, 11) is 0. The predicted octanol–water partition coefficient (Wildman–Crippen LogP) is 0.391. The summed E-state index contributed by atoms with van der Waals surface area (Å²) in [5, 5.41) is 5.47. The maximum atomic E-state index is 12.0. The zero-order chi connectivity index (χ0) is 13.7. The molecule has 2 amide bonds. The van der Waals surface area contributed by atoms with Gasteiger partial charge in [-0.05, 0) is 39.0 Å². The average Bonchev–Trinajstić information content (AvgIpc) is 2.32. The number of carbonyl (C=O) groups excluding carboxylic acids is 2. The van der Waals surface area contributed by atoms with Gasteiger partial charge in [-0.15, -0.1) is 0 Å². The van der Waals surface area contributed by atoms with Gasteiger partial charge in [0.15, 0.2) is 0 Å². The summed E-state index contributed by atoms with van der Waals surface area (Å²) >= 11 is 0. The maximum Gasteiger partial charge on any atom is 0.242 e. The molecular weight excluding hydrogens is 230 g/mol. The fourth-order valence-corrected chi connectivity index (χ4v) is 2.38. The van der Waals surface area contributed by atoms with Gasteiger partial charge in [-0.25, -0.2) is 0 Å². The first-order valence-electron chi connectivity index (χ1n) is 6.79. The third kappa shape index (κ3) is 3.98. The van der Waals surface area contributed by atoms with Gasteiger partial charge >= 0.3 is 0 Å². The van der Waals surface area contributed by atoms with Crippen molar-refractivity contribution in [1.82, 2.24) is 10.6 Å². The molecule has 5 nitrogen and oxygen atoms in total. The van der Waals surface area contributed by atoms with Gasteiger partial charge in [0.1, 0.15) is 6.04 Å². The Bertz CT molecular complexity index is 307. The molecule has 4 unspecified atom stereocenters. The van der Waals surface area contributed by atoms with Crippen LogP contribution in [0.1, 0.15) is 40.0 Å². The molecule has 1 fully saturated rings. The monoisotopic (exact) mass is 255 g/mol. The number of hydrogen-bond donors (Lipinski definition) is 3. The molecule has 0 saturated heterocycles. The fourth-order valence-electron chi connectivity index (χ4n) is 2.38. The highest BCUT2D eigenvalue weighted by Crippen LogP contribution is 2.28. The first-order chi connectivity index (χ1) is 8.45. The molecule has 1 saturated carbocycles. The summed E-state index contributed by atoms with van der Waals surface area (Å²) < 4.78 is 0. The van der Waals surface area contributed by atoms with Crippen molar-refractivity contribution >= 4 is 11.8 Å². The second kappa shape index (κ2) is 6.73. The summed E-state index contributed by atoms with van der Waals surface area (Å²) in [6.45, 7) is 6.23. The number of likely N-dealkylation sites (N-methyl/N-ethyl adjacent to an activating group) is 1. The van der Waals surface area contributed by atoms with E-state index >= 15 is 0 Å². The van der Waals surface area contributed by atoms with Crippen LogP contribution in [-0.4, -0.2) is 30.4 Å². The van der Waals surface area contributed by atoms with E-state index in [4.69, 9.17) is 5.73 Å². The van der Waals surface area contributed by atoms with Crippen LogP contribution in [0.25, 0.3) is 0 Å². The molecule has 1 rings (SSSR count). The number of nitrogens with one attached hydrogen (secondary N) is 2. The van der Waals surface area contributed by atoms with Crippen molar-refractivity contribution in [2.75, 3.05) is 6.54 Å². The zero-order valence-electron chi connectivity index (χ0n) is 11.5. The van der Waals surface area contributed by atoms with Crippen LogP contribution in [0.5, 0.6) is 0 Å². The van der Waals surface area contributed by atoms with Gasteiger partial charge in [0.25, 0.3) is 0 Å². The summed E-state index contributed by atoms with van der Waals surface area (Å²) in [4.78, 5) is 23.6. The molecule has 1 aliphatic carbocycles. The topological polar surface area (TPSA) is 84.2 Å². The van der Waals surface area contributed by atoms with Crippen LogP contribution in [-0.2, 0) is 9.59 Å². The van der Waals surface area contributed by atoms with Crippen LogP contribution in [0.15, 0.2) is 0 Å². The van der Waals surface area contributed by atoms with E-state index in [0.29, 0.717) is 12.5 Å². The van der Waals surface area contributed by atoms with Crippen molar-refractivity contribution in [1.29, 1.82) is 0 Å². The van der Waals surface area contributed by atoms with Crippen LogP contribution in [0.4, 0.5) is 0 Å². The summed E-state index contributed by atoms with van der Waals surface area (Å²) in [6, 6.07) is -0.266. The number of nitrogens with two attached hydrogens (primary N) is 1. The van der Waals surface area contributed by atoms with Gasteiger partial charge < -0.3 is 16.4 Å². The smallest absolute Gasteiger partial charge is 0.242 e. The normalized spacial score (nSPS) is 29.4. The minimum Gasteiger partial charge on any atom is -0.355 e. The van der Waals surface area contributed by atoms with Crippen molar-refractivity contribution in [2.45, 2.75) is 52.1 Å². The van der Waals surface area contributed by atoms with Crippen molar-refractivity contribution in [3.05, 3.63) is 0 Å². The molecule has 0 aromatic rings. The highest BCUT2D eigenvalue weighted by molar-refractivity contribution is 5.88. The Balaban J connectivity index is 2.43. The Morgan fingerprint density at radius 2 is 2.06 bits per heavy atom. The van der Waals surface area contributed by atoms with E-state index in [9.17, 15) is 9.59 Å². The van der Waals surface area contributed by atoms with Crippen LogP contribution in [0, 0.1) is 11.8 Å². The summed E-state index contributed by atoms with van der Waals surface area (Å²) in [5.74, 6) is 0.213. The third-order valence-electron chi connectivity index (χ3n) is 3.71. The first-order valence-corrected chi connectivity index (χ1v) is 6.79. The van der Waals surface area contributed by atoms with E-state index in [2.05, 4.69) is 17.6 Å². The molecule has 0 radical (unpaired) electrons. The predicted molar refractivity (Wildman–Crippen MR) is 70.8 cm³/mol. The first kappa shape index (κ1) is 15.0.